The molecule has 0 aromatic carbocycles. The van der Waals surface area contributed by atoms with E-state index in [4.69, 9.17) is 9.63 Å². The summed E-state index contributed by atoms with van der Waals surface area (Å²) in [6, 6.07) is 0. The lowest BCUT2D eigenvalue weighted by molar-refractivity contribution is -0.124. The summed E-state index contributed by atoms with van der Waals surface area (Å²) in [4.78, 5) is 14.4. The summed E-state index contributed by atoms with van der Waals surface area (Å²) in [6.07, 6.45) is 0. The van der Waals surface area contributed by atoms with Crippen molar-refractivity contribution in [2.24, 2.45) is 0 Å². The van der Waals surface area contributed by atoms with Crippen LogP contribution < -0.4 is 5.32 Å². The third-order valence-corrected chi connectivity index (χ3v) is 1.15. The Morgan fingerprint density at radius 1 is 1.75 bits per heavy atom. The average molecular weight is 171 g/mol. The van der Waals surface area contributed by atoms with E-state index in [9.17, 15) is 4.79 Å². The molecular formula is C6H9N3O3. The first-order valence-electron chi connectivity index (χ1n) is 3.39. The SMILES string of the molecule is Cc1noc(CNC(=O)CO)n1. The third kappa shape index (κ3) is 2.31. The van der Waals surface area contributed by atoms with Crippen LogP contribution in [0.15, 0.2) is 4.52 Å². The Bertz CT molecular complexity index is 271. The van der Waals surface area contributed by atoms with Crippen LogP contribution in [0.4, 0.5) is 0 Å². The van der Waals surface area contributed by atoms with E-state index in [1.165, 1.54) is 0 Å². The highest BCUT2D eigenvalue weighted by molar-refractivity contribution is 5.76. The number of aliphatic hydroxyl groups is 1. The van der Waals surface area contributed by atoms with Crippen LogP contribution in [0.5, 0.6) is 0 Å². The standard InChI is InChI=1S/C6H9N3O3/c1-4-8-6(12-9-4)2-7-5(11)3-10/h10H,2-3H2,1H3,(H,7,11). The van der Waals surface area contributed by atoms with Crippen molar-refractivity contribution in [1.82, 2.24) is 15.5 Å². The van der Waals surface area contributed by atoms with E-state index in [1.807, 2.05) is 0 Å². The zero-order valence-electron chi connectivity index (χ0n) is 6.57. The molecule has 6 nitrogen and oxygen atoms in total. The van der Waals surface area contributed by atoms with Gasteiger partial charge < -0.3 is 14.9 Å². The van der Waals surface area contributed by atoms with Gasteiger partial charge in [0.05, 0.1) is 6.54 Å². The normalized spacial score (nSPS) is 9.83. The highest BCUT2D eigenvalue weighted by Crippen LogP contribution is 1.93. The first-order valence-corrected chi connectivity index (χ1v) is 3.39. The third-order valence-electron chi connectivity index (χ3n) is 1.15. The Morgan fingerprint density at radius 2 is 2.50 bits per heavy atom. The minimum Gasteiger partial charge on any atom is -0.387 e. The van der Waals surface area contributed by atoms with Crippen LogP contribution in [0.2, 0.25) is 0 Å². The zero-order valence-corrected chi connectivity index (χ0v) is 6.57. The molecule has 0 fully saturated rings. The number of carbonyl (C=O) groups excluding carboxylic acids is 1. The molecule has 1 amide bonds. The number of aromatic nitrogens is 2. The molecule has 0 saturated heterocycles. The van der Waals surface area contributed by atoms with Crippen LogP contribution in [0.3, 0.4) is 0 Å². The van der Waals surface area contributed by atoms with Crippen molar-refractivity contribution in [1.29, 1.82) is 0 Å². The number of rotatable bonds is 3. The first kappa shape index (κ1) is 8.66. The smallest absolute Gasteiger partial charge is 0.246 e. The predicted molar refractivity (Wildman–Crippen MR) is 38.0 cm³/mol. The van der Waals surface area contributed by atoms with Crippen LogP contribution in [-0.2, 0) is 11.3 Å². The maximum atomic E-state index is 10.5. The fourth-order valence-electron chi connectivity index (χ4n) is 0.642. The van der Waals surface area contributed by atoms with Gasteiger partial charge in [-0.2, -0.15) is 4.98 Å². The first-order chi connectivity index (χ1) is 5.72. The van der Waals surface area contributed by atoms with Gasteiger partial charge in [-0.05, 0) is 6.92 Å². The Hall–Kier alpha value is -1.43. The summed E-state index contributed by atoms with van der Waals surface area (Å²) < 4.78 is 4.70. The molecule has 1 aromatic rings. The second-order valence-electron chi connectivity index (χ2n) is 2.17. The van der Waals surface area contributed by atoms with Crippen molar-refractivity contribution in [3.63, 3.8) is 0 Å². The Labute approximate surface area is 68.6 Å². The topological polar surface area (TPSA) is 88.2 Å². The van der Waals surface area contributed by atoms with E-state index in [2.05, 4.69) is 15.5 Å². The summed E-state index contributed by atoms with van der Waals surface area (Å²) in [5.74, 6) is 0.378. The minimum atomic E-state index is -0.535. The number of aryl methyl sites for hydroxylation is 1. The Morgan fingerprint density at radius 3 is 3.00 bits per heavy atom. The summed E-state index contributed by atoms with van der Waals surface area (Å²) >= 11 is 0. The maximum absolute atomic E-state index is 10.5. The molecule has 0 aliphatic heterocycles. The van der Waals surface area contributed by atoms with Crippen molar-refractivity contribution in [2.45, 2.75) is 13.5 Å². The van der Waals surface area contributed by atoms with E-state index in [-0.39, 0.29) is 6.54 Å². The van der Waals surface area contributed by atoms with E-state index < -0.39 is 12.5 Å². The highest BCUT2D eigenvalue weighted by Gasteiger charge is 2.03. The summed E-state index contributed by atoms with van der Waals surface area (Å²) in [6.45, 7) is 1.30. The monoisotopic (exact) mass is 171 g/mol. The lowest BCUT2D eigenvalue weighted by Crippen LogP contribution is -2.25. The quantitative estimate of drug-likeness (QED) is 0.608. The minimum absolute atomic E-state index is 0.153. The average Bonchev–Trinajstić information content (AvgIpc) is 2.47. The van der Waals surface area contributed by atoms with Gasteiger partial charge in [-0.3, -0.25) is 4.79 Å². The molecule has 0 atom stereocenters. The van der Waals surface area contributed by atoms with Gasteiger partial charge in [0.1, 0.15) is 6.61 Å². The molecule has 0 spiro atoms. The molecule has 1 heterocycles. The van der Waals surface area contributed by atoms with Crippen LogP contribution in [0.25, 0.3) is 0 Å². The summed E-state index contributed by atoms with van der Waals surface area (Å²) in [5.41, 5.74) is 0. The summed E-state index contributed by atoms with van der Waals surface area (Å²) in [7, 11) is 0. The molecule has 0 unspecified atom stereocenters. The lowest BCUT2D eigenvalue weighted by Gasteiger charge is -1.96. The second-order valence-corrected chi connectivity index (χ2v) is 2.17. The molecule has 2 N–H and O–H groups in total. The Kier molecular flexibility index (Phi) is 2.76. The van der Waals surface area contributed by atoms with Crippen LogP contribution in [-0.4, -0.2) is 27.8 Å². The number of carbonyl (C=O) groups is 1. The van der Waals surface area contributed by atoms with E-state index in [0.29, 0.717) is 11.7 Å². The maximum Gasteiger partial charge on any atom is 0.246 e. The van der Waals surface area contributed by atoms with Crippen LogP contribution >= 0.6 is 0 Å². The van der Waals surface area contributed by atoms with Gasteiger partial charge in [0.25, 0.3) is 0 Å². The second kappa shape index (κ2) is 3.82. The van der Waals surface area contributed by atoms with Gasteiger partial charge in [-0.1, -0.05) is 5.16 Å². The number of aliphatic hydroxyl groups excluding tert-OH is 1. The largest absolute Gasteiger partial charge is 0.387 e. The number of hydrogen-bond donors (Lipinski definition) is 2. The molecule has 0 bridgehead atoms. The molecule has 0 radical (unpaired) electrons. The fourth-order valence-corrected chi connectivity index (χ4v) is 0.642. The molecule has 12 heavy (non-hydrogen) atoms. The van der Waals surface area contributed by atoms with Gasteiger partial charge >= 0.3 is 0 Å². The number of amides is 1. The molecule has 6 heteroatoms. The molecule has 1 rings (SSSR count). The molecule has 1 aromatic heterocycles. The van der Waals surface area contributed by atoms with Crippen molar-refractivity contribution in [3.05, 3.63) is 11.7 Å². The van der Waals surface area contributed by atoms with Gasteiger partial charge in [0.2, 0.25) is 11.8 Å². The van der Waals surface area contributed by atoms with Crippen molar-refractivity contribution < 1.29 is 14.4 Å². The number of nitrogens with one attached hydrogen (secondary N) is 1. The van der Waals surface area contributed by atoms with Crippen molar-refractivity contribution in [2.75, 3.05) is 6.61 Å². The van der Waals surface area contributed by atoms with E-state index in [1.54, 1.807) is 6.92 Å². The van der Waals surface area contributed by atoms with Crippen LogP contribution in [0, 0.1) is 6.92 Å². The van der Waals surface area contributed by atoms with Gasteiger partial charge in [-0.15, -0.1) is 0 Å². The number of hydrogen-bond acceptors (Lipinski definition) is 5. The van der Waals surface area contributed by atoms with Gasteiger partial charge in [-0.25, -0.2) is 0 Å². The highest BCUT2D eigenvalue weighted by atomic mass is 16.5. The lowest BCUT2D eigenvalue weighted by atomic mass is 10.5. The van der Waals surface area contributed by atoms with Crippen LogP contribution in [0.1, 0.15) is 11.7 Å². The van der Waals surface area contributed by atoms with Crippen molar-refractivity contribution in [3.8, 4) is 0 Å². The predicted octanol–water partition coefficient (Wildman–Crippen LogP) is -1.01. The van der Waals surface area contributed by atoms with Gasteiger partial charge in [0.15, 0.2) is 5.82 Å². The molecule has 0 aliphatic carbocycles. The molecule has 66 valence electrons. The fraction of sp³-hybridized carbons (Fsp3) is 0.500. The number of nitrogens with zero attached hydrogens (tertiary/aromatic N) is 2. The molecule has 0 saturated carbocycles. The van der Waals surface area contributed by atoms with Crippen molar-refractivity contribution >= 4 is 5.91 Å². The van der Waals surface area contributed by atoms with E-state index in [0.717, 1.165) is 0 Å². The molecule has 0 aliphatic rings. The zero-order chi connectivity index (χ0) is 8.97. The summed E-state index contributed by atoms with van der Waals surface area (Å²) in [5, 5.41) is 14.2. The van der Waals surface area contributed by atoms with Gasteiger partial charge in [0, 0.05) is 0 Å². The Balaban J connectivity index is 2.38. The molecular weight excluding hydrogens is 162 g/mol. The van der Waals surface area contributed by atoms with E-state index >= 15 is 0 Å².